The lowest BCUT2D eigenvalue weighted by Gasteiger charge is -2.46. The van der Waals surface area contributed by atoms with Gasteiger partial charge in [0, 0.05) is 42.5 Å². The Morgan fingerprint density at radius 3 is 1.96 bits per heavy atom. The van der Waals surface area contributed by atoms with Crippen LogP contribution in [0.4, 0.5) is 0 Å². The van der Waals surface area contributed by atoms with Gasteiger partial charge in [-0.3, -0.25) is 0 Å². The van der Waals surface area contributed by atoms with Crippen LogP contribution in [-0.4, -0.2) is 37.8 Å². The molecule has 0 aliphatic carbocycles. The molecular formula is C20H28INOS2. The molecule has 0 radical (unpaired) electrons. The minimum absolute atomic E-state index is 0. The molecular weight excluding hydrogens is 461 g/mol. The lowest BCUT2D eigenvalue weighted by atomic mass is 9.79. The monoisotopic (exact) mass is 489 g/mol. The fraction of sp³-hybridized carbons (Fsp3) is 0.600. The number of piperidine rings is 1. The van der Waals surface area contributed by atoms with Crippen molar-refractivity contribution in [1.82, 2.24) is 0 Å². The summed E-state index contributed by atoms with van der Waals surface area (Å²) in [5.74, 6) is 0.762. The zero-order valence-corrected chi connectivity index (χ0v) is 19.1. The Balaban J connectivity index is 0.00000182. The van der Waals surface area contributed by atoms with Crippen molar-refractivity contribution in [2.24, 2.45) is 5.92 Å². The molecule has 2 aromatic rings. The van der Waals surface area contributed by atoms with E-state index in [1.165, 1.54) is 39.9 Å². The number of quaternary nitrogens is 1. The molecule has 2 nitrogen and oxygen atoms in total. The lowest BCUT2D eigenvalue weighted by Crippen LogP contribution is -3.00. The van der Waals surface area contributed by atoms with Crippen molar-refractivity contribution in [1.29, 1.82) is 0 Å². The highest BCUT2D eigenvalue weighted by molar-refractivity contribution is 7.11. The quantitative estimate of drug-likeness (QED) is 0.462. The predicted molar refractivity (Wildman–Crippen MR) is 103 cm³/mol. The summed E-state index contributed by atoms with van der Waals surface area (Å²) in [7, 11) is 6.79. The number of thiophene rings is 2. The number of fused-ring (bicyclic) bond motifs is 2. The number of nitrogens with zero attached hydrogens (tertiary/aromatic N) is 1. The summed E-state index contributed by atoms with van der Waals surface area (Å²) in [6, 6.07) is 10.5. The fourth-order valence-electron chi connectivity index (χ4n) is 5.19. The number of rotatable bonds is 5. The van der Waals surface area contributed by atoms with Crippen LogP contribution in [0.2, 0.25) is 0 Å². The SMILES string of the molecule is COC(C[C@H]1C[C@H]2CC[C@@H](C1)[N+]2(C)C)(c1cccs1)c1cccs1.[I-]. The lowest BCUT2D eigenvalue weighted by molar-refractivity contribution is -0.931. The minimum atomic E-state index is -0.249. The van der Waals surface area contributed by atoms with Crippen molar-refractivity contribution in [2.45, 2.75) is 49.8 Å². The van der Waals surface area contributed by atoms with E-state index in [4.69, 9.17) is 4.74 Å². The zero-order chi connectivity index (χ0) is 16.8. The molecule has 0 N–H and O–H groups in total. The molecule has 2 fully saturated rings. The second kappa shape index (κ2) is 7.58. The Morgan fingerprint density at radius 2 is 1.56 bits per heavy atom. The molecule has 0 amide bonds. The first kappa shape index (κ1) is 19.8. The summed E-state index contributed by atoms with van der Waals surface area (Å²) in [4.78, 5) is 2.72. The molecule has 2 aliphatic heterocycles. The predicted octanol–water partition coefficient (Wildman–Crippen LogP) is 2.11. The van der Waals surface area contributed by atoms with E-state index in [-0.39, 0.29) is 29.6 Å². The summed E-state index contributed by atoms with van der Waals surface area (Å²) in [6.45, 7) is 0. The van der Waals surface area contributed by atoms with E-state index in [1.54, 1.807) is 0 Å². The molecule has 3 atom stereocenters. The van der Waals surface area contributed by atoms with Gasteiger partial charge in [-0.05, 0) is 35.2 Å². The van der Waals surface area contributed by atoms with Crippen LogP contribution in [0.25, 0.3) is 0 Å². The van der Waals surface area contributed by atoms with Gasteiger partial charge in [0.15, 0.2) is 0 Å². The molecule has 0 spiro atoms. The van der Waals surface area contributed by atoms with Crippen LogP contribution in [0.5, 0.6) is 0 Å². The molecule has 0 saturated carbocycles. The van der Waals surface area contributed by atoms with Crippen molar-refractivity contribution in [3.05, 3.63) is 44.8 Å². The number of hydrogen-bond donors (Lipinski definition) is 0. The first-order valence-corrected chi connectivity index (χ1v) is 10.8. The molecule has 138 valence electrons. The van der Waals surface area contributed by atoms with E-state index in [9.17, 15) is 0 Å². The molecule has 4 rings (SSSR count). The summed E-state index contributed by atoms with van der Waals surface area (Å²) >= 11 is 3.67. The topological polar surface area (TPSA) is 9.23 Å². The third-order valence-electron chi connectivity index (χ3n) is 6.69. The largest absolute Gasteiger partial charge is 1.00 e. The van der Waals surface area contributed by atoms with Crippen LogP contribution in [0.3, 0.4) is 0 Å². The molecule has 2 bridgehead atoms. The maximum atomic E-state index is 6.29. The Morgan fingerprint density at radius 1 is 1.04 bits per heavy atom. The van der Waals surface area contributed by atoms with Crippen LogP contribution in [-0.2, 0) is 10.3 Å². The van der Waals surface area contributed by atoms with Gasteiger partial charge in [-0.1, -0.05) is 12.1 Å². The van der Waals surface area contributed by atoms with Crippen LogP contribution in [0, 0.1) is 5.92 Å². The summed E-state index contributed by atoms with van der Waals surface area (Å²) < 4.78 is 7.53. The Labute approximate surface area is 176 Å². The Kier molecular flexibility index (Phi) is 6.01. The smallest absolute Gasteiger partial charge is 0.136 e. The zero-order valence-electron chi connectivity index (χ0n) is 15.3. The van der Waals surface area contributed by atoms with Crippen LogP contribution in [0.15, 0.2) is 35.0 Å². The van der Waals surface area contributed by atoms with E-state index < -0.39 is 0 Å². The number of halogens is 1. The van der Waals surface area contributed by atoms with E-state index in [0.29, 0.717) is 0 Å². The summed E-state index contributed by atoms with van der Waals surface area (Å²) in [5, 5.41) is 4.36. The van der Waals surface area contributed by atoms with Crippen molar-refractivity contribution in [3.63, 3.8) is 0 Å². The third-order valence-corrected chi connectivity index (χ3v) is 8.72. The van der Waals surface area contributed by atoms with Gasteiger partial charge in [0.1, 0.15) is 5.60 Å². The second-order valence-electron chi connectivity index (χ2n) is 8.04. The van der Waals surface area contributed by atoms with E-state index >= 15 is 0 Å². The van der Waals surface area contributed by atoms with Gasteiger partial charge in [0.25, 0.3) is 0 Å². The highest BCUT2D eigenvalue weighted by Gasteiger charge is 2.51. The van der Waals surface area contributed by atoms with E-state index in [1.807, 2.05) is 29.8 Å². The first-order valence-electron chi connectivity index (χ1n) is 9.02. The van der Waals surface area contributed by atoms with Gasteiger partial charge >= 0.3 is 0 Å². The summed E-state index contributed by atoms with van der Waals surface area (Å²) in [6.07, 6.45) is 6.65. The molecule has 25 heavy (non-hydrogen) atoms. The average molecular weight is 489 g/mol. The van der Waals surface area contributed by atoms with Crippen LogP contribution >= 0.6 is 22.7 Å². The van der Waals surface area contributed by atoms with E-state index in [0.717, 1.165) is 24.4 Å². The van der Waals surface area contributed by atoms with E-state index in [2.05, 4.69) is 49.1 Å². The second-order valence-corrected chi connectivity index (χ2v) is 9.94. The number of methoxy groups -OCH3 is 1. The van der Waals surface area contributed by atoms with Crippen LogP contribution < -0.4 is 24.0 Å². The first-order chi connectivity index (χ1) is 11.6. The molecule has 4 heterocycles. The molecule has 0 aromatic carbocycles. The maximum absolute atomic E-state index is 6.29. The Bertz CT molecular complexity index is 618. The number of hydrogen-bond acceptors (Lipinski definition) is 3. The van der Waals surface area contributed by atoms with Gasteiger partial charge < -0.3 is 33.2 Å². The molecule has 0 unspecified atom stereocenters. The van der Waals surface area contributed by atoms with Gasteiger partial charge in [-0.25, -0.2) is 0 Å². The fourth-order valence-corrected chi connectivity index (χ4v) is 7.11. The van der Waals surface area contributed by atoms with Crippen molar-refractivity contribution < 1.29 is 33.2 Å². The molecule has 2 aromatic heterocycles. The summed E-state index contributed by atoms with van der Waals surface area (Å²) in [5.41, 5.74) is -0.249. The normalized spacial score (nSPS) is 27.9. The highest BCUT2D eigenvalue weighted by atomic mass is 127. The highest BCUT2D eigenvalue weighted by Crippen LogP contribution is 2.49. The van der Waals surface area contributed by atoms with Crippen LogP contribution in [0.1, 0.15) is 41.9 Å². The van der Waals surface area contributed by atoms with Crippen molar-refractivity contribution >= 4 is 22.7 Å². The minimum Gasteiger partial charge on any atom is -1.00 e. The average Bonchev–Trinajstić information content (AvgIpc) is 3.28. The van der Waals surface area contributed by atoms with Gasteiger partial charge in [-0.2, -0.15) is 0 Å². The maximum Gasteiger partial charge on any atom is 0.136 e. The Hall–Kier alpha value is 0.0500. The standard InChI is InChI=1S/C20H28NOS2.HI/c1-21(2)16-8-9-17(21)13-15(12-16)14-20(22-3,18-6-4-10-23-18)19-7-5-11-24-19;/h4-7,10-11,15-17H,8-9,12-14H2,1-3H3;1H/q+1;/p-1/t15-,16+,17-;. The van der Waals surface area contributed by atoms with Crippen molar-refractivity contribution in [2.75, 3.05) is 21.2 Å². The molecule has 5 heteroatoms. The van der Waals surface area contributed by atoms with Crippen molar-refractivity contribution in [3.8, 4) is 0 Å². The van der Waals surface area contributed by atoms with Gasteiger partial charge in [0.2, 0.25) is 0 Å². The molecule has 2 saturated heterocycles. The number of ether oxygens (including phenoxy) is 1. The third kappa shape index (κ3) is 3.35. The molecule has 2 aliphatic rings. The van der Waals surface area contributed by atoms with Gasteiger partial charge in [-0.15, -0.1) is 22.7 Å². The van der Waals surface area contributed by atoms with Gasteiger partial charge in [0.05, 0.1) is 26.2 Å².